The van der Waals surface area contributed by atoms with E-state index in [0.29, 0.717) is 22.5 Å². The van der Waals surface area contributed by atoms with E-state index < -0.39 is 0 Å². The van der Waals surface area contributed by atoms with Crippen LogP contribution < -0.4 is 0 Å². The van der Waals surface area contributed by atoms with Crippen LogP contribution in [0.2, 0.25) is 0 Å². The minimum absolute atomic E-state index is 0.172. The van der Waals surface area contributed by atoms with Gasteiger partial charge in [-0.3, -0.25) is 9.98 Å². The van der Waals surface area contributed by atoms with Crippen molar-refractivity contribution >= 4 is 67.4 Å². The number of aliphatic imine (C=N–C) groups is 2. The Balaban J connectivity index is 1.25. The lowest BCUT2D eigenvalue weighted by atomic mass is 10.1. The van der Waals surface area contributed by atoms with Gasteiger partial charge in [0, 0.05) is 75.2 Å². The number of aryl methyl sites for hydroxylation is 2. The summed E-state index contributed by atoms with van der Waals surface area (Å²) in [7, 11) is 2.03. The van der Waals surface area contributed by atoms with Crippen molar-refractivity contribution in [1.29, 1.82) is 0 Å². The zero-order valence-corrected chi connectivity index (χ0v) is 24.2. The van der Waals surface area contributed by atoms with Crippen molar-refractivity contribution in [2.45, 2.75) is 26.3 Å². The zero-order valence-electron chi connectivity index (χ0n) is 24.2. The molecule has 5 aromatic carbocycles. The van der Waals surface area contributed by atoms with E-state index in [1.807, 2.05) is 73.8 Å². The number of rotatable bonds is 7. The van der Waals surface area contributed by atoms with Gasteiger partial charge in [-0.2, -0.15) is 0 Å². The summed E-state index contributed by atoms with van der Waals surface area (Å²) in [5, 5.41) is 26.1. The lowest BCUT2D eigenvalue weighted by Crippen LogP contribution is -1.97. The molecule has 6 heteroatoms. The Morgan fingerprint density at radius 1 is 0.605 bits per heavy atom. The molecule has 0 radical (unpaired) electrons. The first kappa shape index (κ1) is 26.5. The molecule has 0 spiro atoms. The molecule has 2 N–H and O–H groups in total. The van der Waals surface area contributed by atoms with Gasteiger partial charge in [0.05, 0.1) is 16.9 Å². The molecule has 212 valence electrons. The fourth-order valence-corrected chi connectivity index (χ4v) is 6.03. The zero-order chi connectivity index (χ0) is 29.5. The molecular formula is C37H32N4O2. The second kappa shape index (κ2) is 10.8. The van der Waals surface area contributed by atoms with Crippen molar-refractivity contribution in [2.24, 2.45) is 17.0 Å². The van der Waals surface area contributed by atoms with Gasteiger partial charge in [0.15, 0.2) is 0 Å². The van der Waals surface area contributed by atoms with Gasteiger partial charge in [-0.15, -0.1) is 0 Å². The van der Waals surface area contributed by atoms with Crippen LogP contribution in [0.25, 0.3) is 43.6 Å². The van der Waals surface area contributed by atoms with Gasteiger partial charge >= 0.3 is 0 Å². The molecule has 0 bridgehead atoms. The Bertz CT molecular complexity index is 2220. The quantitative estimate of drug-likeness (QED) is 0.189. The van der Waals surface area contributed by atoms with Crippen LogP contribution in [-0.4, -0.2) is 31.8 Å². The van der Waals surface area contributed by atoms with Crippen LogP contribution in [0, 0.1) is 0 Å². The average molecular weight is 565 g/mol. The van der Waals surface area contributed by atoms with Gasteiger partial charge in [0.25, 0.3) is 0 Å². The standard InChI is InChI=1S/C37H32N4O2/c1-3-4-17-41-33-16-10-6-12-27(33)29-21-37(43)25(19-35(29)41)23-39-31-14-8-7-13-30(31)38-22-24-18-34-28(20-36(24)42)26-11-5-9-15-32(26)40(34)2/h5-16,18-23,42-43H,3-4,17H2,1-2H3. The largest absolute Gasteiger partial charge is 0.507 e. The molecule has 2 heterocycles. The molecule has 2 aromatic heterocycles. The van der Waals surface area contributed by atoms with Crippen molar-refractivity contribution in [3.8, 4) is 11.5 Å². The summed E-state index contributed by atoms with van der Waals surface area (Å²) < 4.78 is 4.47. The Hall–Kier alpha value is -5.36. The van der Waals surface area contributed by atoms with E-state index in [2.05, 4.69) is 46.4 Å². The first-order chi connectivity index (χ1) is 21.0. The van der Waals surface area contributed by atoms with Gasteiger partial charge in [-0.05, 0) is 55.0 Å². The van der Waals surface area contributed by atoms with E-state index in [0.717, 1.165) is 57.5 Å². The van der Waals surface area contributed by atoms with Crippen LogP contribution >= 0.6 is 0 Å². The molecular weight excluding hydrogens is 532 g/mol. The van der Waals surface area contributed by atoms with E-state index in [1.165, 1.54) is 5.52 Å². The number of unbranched alkanes of at least 4 members (excludes halogenated alkanes) is 1. The highest BCUT2D eigenvalue weighted by atomic mass is 16.3. The molecule has 7 rings (SSSR count). The number of phenols is 2. The highest BCUT2D eigenvalue weighted by Gasteiger charge is 2.14. The maximum Gasteiger partial charge on any atom is 0.125 e. The lowest BCUT2D eigenvalue weighted by molar-refractivity contribution is 0.475. The van der Waals surface area contributed by atoms with Crippen molar-refractivity contribution < 1.29 is 10.2 Å². The highest BCUT2D eigenvalue weighted by Crippen LogP contribution is 2.35. The topological polar surface area (TPSA) is 75.0 Å². The molecule has 0 aliphatic rings. The second-order valence-corrected chi connectivity index (χ2v) is 11.0. The molecule has 43 heavy (non-hydrogen) atoms. The first-order valence-electron chi connectivity index (χ1n) is 14.6. The summed E-state index contributed by atoms with van der Waals surface area (Å²) in [6, 6.07) is 31.8. The minimum atomic E-state index is 0.172. The van der Waals surface area contributed by atoms with Gasteiger partial charge in [0.1, 0.15) is 11.5 Å². The van der Waals surface area contributed by atoms with Crippen molar-refractivity contribution in [3.05, 3.63) is 108 Å². The number of fused-ring (bicyclic) bond motifs is 6. The molecule has 0 aliphatic carbocycles. The van der Waals surface area contributed by atoms with Crippen molar-refractivity contribution in [3.63, 3.8) is 0 Å². The lowest BCUT2D eigenvalue weighted by Gasteiger charge is -2.07. The monoisotopic (exact) mass is 564 g/mol. The van der Waals surface area contributed by atoms with Gasteiger partial charge < -0.3 is 19.3 Å². The predicted octanol–water partition coefficient (Wildman–Crippen LogP) is 9.15. The van der Waals surface area contributed by atoms with E-state index in [1.54, 1.807) is 12.4 Å². The van der Waals surface area contributed by atoms with E-state index >= 15 is 0 Å². The molecule has 0 aliphatic heterocycles. The molecule has 0 fully saturated rings. The average Bonchev–Trinajstić information content (AvgIpc) is 3.48. The number of benzene rings is 5. The molecule has 6 nitrogen and oxygen atoms in total. The molecule has 0 atom stereocenters. The fraction of sp³-hybridized carbons (Fsp3) is 0.135. The summed E-state index contributed by atoms with van der Waals surface area (Å²) in [4.78, 5) is 9.46. The Labute approximate surface area is 249 Å². The van der Waals surface area contributed by atoms with Gasteiger partial charge in [-0.1, -0.05) is 61.9 Å². The number of phenolic OH excluding ortho intramolecular Hbond substituents is 2. The first-order valence-corrected chi connectivity index (χ1v) is 14.6. The van der Waals surface area contributed by atoms with Crippen LogP contribution in [-0.2, 0) is 13.6 Å². The summed E-state index contributed by atoms with van der Waals surface area (Å²) >= 11 is 0. The number of nitrogens with zero attached hydrogens (tertiary/aromatic N) is 4. The third-order valence-electron chi connectivity index (χ3n) is 8.29. The summed E-state index contributed by atoms with van der Waals surface area (Å²) in [5.41, 5.74) is 6.98. The smallest absolute Gasteiger partial charge is 0.125 e. The maximum atomic E-state index is 11.0. The molecule has 0 saturated carbocycles. The molecule has 0 saturated heterocycles. The third-order valence-corrected chi connectivity index (χ3v) is 8.29. The number of hydrogen-bond acceptors (Lipinski definition) is 4. The Morgan fingerprint density at radius 3 is 1.74 bits per heavy atom. The SMILES string of the molecule is CCCCn1c2ccccc2c2cc(O)c(C=Nc3ccccc3N=Cc3cc4c(cc3O)c3ccccc3n4C)cc21. The molecule has 0 unspecified atom stereocenters. The van der Waals surface area contributed by atoms with Crippen molar-refractivity contribution in [2.75, 3.05) is 0 Å². The van der Waals surface area contributed by atoms with Gasteiger partial charge in [0.2, 0.25) is 0 Å². The van der Waals surface area contributed by atoms with Crippen LogP contribution in [0.3, 0.4) is 0 Å². The maximum absolute atomic E-state index is 11.0. The number of para-hydroxylation sites is 4. The van der Waals surface area contributed by atoms with Crippen LogP contribution in [0.5, 0.6) is 11.5 Å². The van der Waals surface area contributed by atoms with Crippen LogP contribution in [0.4, 0.5) is 11.4 Å². The third kappa shape index (κ3) is 4.61. The number of hydrogen-bond donors (Lipinski definition) is 2. The minimum Gasteiger partial charge on any atom is -0.507 e. The van der Waals surface area contributed by atoms with Crippen LogP contribution in [0.15, 0.2) is 107 Å². The summed E-state index contributed by atoms with van der Waals surface area (Å²) in [5.74, 6) is 0.356. The fourth-order valence-electron chi connectivity index (χ4n) is 6.03. The van der Waals surface area contributed by atoms with Gasteiger partial charge in [-0.25, -0.2) is 0 Å². The summed E-state index contributed by atoms with van der Waals surface area (Å²) in [6.45, 7) is 3.11. The molecule has 0 amide bonds. The van der Waals surface area contributed by atoms with Crippen molar-refractivity contribution in [1.82, 2.24) is 9.13 Å². The Morgan fingerprint density at radius 2 is 1.12 bits per heavy atom. The van der Waals surface area contributed by atoms with E-state index in [-0.39, 0.29) is 11.5 Å². The highest BCUT2D eigenvalue weighted by molar-refractivity contribution is 6.11. The summed E-state index contributed by atoms with van der Waals surface area (Å²) in [6.07, 6.45) is 5.55. The number of aromatic hydroxyl groups is 2. The predicted molar refractivity (Wildman–Crippen MR) is 179 cm³/mol. The van der Waals surface area contributed by atoms with E-state index in [4.69, 9.17) is 9.98 Å². The second-order valence-electron chi connectivity index (χ2n) is 11.0. The van der Waals surface area contributed by atoms with E-state index in [9.17, 15) is 10.2 Å². The molecule has 7 aromatic rings. The van der Waals surface area contributed by atoms with Crippen LogP contribution in [0.1, 0.15) is 30.9 Å². The normalized spacial score (nSPS) is 12.2. The number of aromatic nitrogens is 2. The Kier molecular flexibility index (Phi) is 6.67.